The third-order valence-corrected chi connectivity index (χ3v) is 5.86. The second-order valence-electron chi connectivity index (χ2n) is 8.92. The minimum absolute atomic E-state index is 0.0280. The predicted octanol–water partition coefficient (Wildman–Crippen LogP) is 3.30. The van der Waals surface area contributed by atoms with Crippen LogP contribution < -0.4 is 11.4 Å². The highest BCUT2D eigenvalue weighted by Crippen LogP contribution is 2.42. The number of nitrogens with zero attached hydrogens (tertiary/aromatic N) is 5. The Morgan fingerprint density at radius 2 is 1.66 bits per heavy atom. The molecular formula is C24H36N6O8. The number of hydrogen-bond donors (Lipinski definition) is 1. The average molecular weight is 537 g/mol. The van der Waals surface area contributed by atoms with Crippen LogP contribution in [0.3, 0.4) is 0 Å². The Balaban J connectivity index is 2.58. The van der Waals surface area contributed by atoms with Crippen LogP contribution in [0, 0.1) is 0 Å². The van der Waals surface area contributed by atoms with Gasteiger partial charge >= 0.3 is 23.6 Å². The van der Waals surface area contributed by atoms with Crippen LogP contribution in [0.4, 0.5) is 5.82 Å². The molecule has 0 bridgehead atoms. The van der Waals surface area contributed by atoms with Crippen molar-refractivity contribution in [2.24, 2.45) is 5.11 Å². The lowest BCUT2D eigenvalue weighted by Gasteiger charge is -2.29. The van der Waals surface area contributed by atoms with Crippen molar-refractivity contribution < 1.29 is 33.3 Å². The Morgan fingerprint density at radius 1 is 1.08 bits per heavy atom. The summed E-state index contributed by atoms with van der Waals surface area (Å²) in [5, 5.41) is 3.72. The summed E-state index contributed by atoms with van der Waals surface area (Å²) in [6.07, 6.45) is 0.792. The van der Waals surface area contributed by atoms with E-state index in [4.69, 9.17) is 24.7 Å². The minimum atomic E-state index is -2.14. The molecule has 2 heterocycles. The van der Waals surface area contributed by atoms with Crippen molar-refractivity contribution in [2.75, 3.05) is 12.3 Å². The molecule has 0 aromatic carbocycles. The molecule has 0 radical (unpaired) electrons. The van der Waals surface area contributed by atoms with Gasteiger partial charge < -0.3 is 24.7 Å². The van der Waals surface area contributed by atoms with Gasteiger partial charge in [0.15, 0.2) is 18.4 Å². The lowest BCUT2D eigenvalue weighted by atomic mass is 10.0. The van der Waals surface area contributed by atoms with Crippen molar-refractivity contribution in [2.45, 2.75) is 103 Å². The van der Waals surface area contributed by atoms with Crippen LogP contribution in [0.5, 0.6) is 0 Å². The highest BCUT2D eigenvalue weighted by Gasteiger charge is 2.61. The summed E-state index contributed by atoms with van der Waals surface area (Å²) in [4.78, 5) is 57.0. The summed E-state index contributed by atoms with van der Waals surface area (Å²) in [5.41, 5.74) is 12.0. The fourth-order valence-corrected chi connectivity index (χ4v) is 3.80. The largest absolute Gasteiger partial charge is 0.462 e. The minimum Gasteiger partial charge on any atom is -0.462 e. The number of unbranched alkanes of at least 4 members (excludes halogenated alkanes) is 3. The number of ether oxygens (including phenoxy) is 4. The Hall–Kier alpha value is -3.64. The van der Waals surface area contributed by atoms with E-state index in [2.05, 4.69) is 15.0 Å². The second kappa shape index (κ2) is 14.9. The van der Waals surface area contributed by atoms with Gasteiger partial charge in [0.25, 0.3) is 0 Å². The molecule has 0 amide bonds. The molecule has 0 saturated carbocycles. The van der Waals surface area contributed by atoms with Crippen molar-refractivity contribution in [3.63, 3.8) is 0 Å². The number of esters is 3. The molecule has 2 rings (SSSR count). The highest BCUT2D eigenvalue weighted by atomic mass is 16.7. The first-order valence-corrected chi connectivity index (χ1v) is 12.8. The van der Waals surface area contributed by atoms with E-state index in [1.807, 2.05) is 20.8 Å². The summed E-state index contributed by atoms with van der Waals surface area (Å²) in [6.45, 7) is 5.04. The van der Waals surface area contributed by atoms with Crippen LogP contribution in [-0.2, 0) is 33.3 Å². The Bertz CT molecular complexity index is 1070. The molecular weight excluding hydrogens is 500 g/mol. The molecule has 1 saturated heterocycles. The van der Waals surface area contributed by atoms with Gasteiger partial charge in [0.2, 0.25) is 5.72 Å². The third-order valence-electron chi connectivity index (χ3n) is 5.86. The van der Waals surface area contributed by atoms with Crippen LogP contribution in [0.25, 0.3) is 10.4 Å². The topological polar surface area (TPSA) is 198 Å². The van der Waals surface area contributed by atoms with Crippen molar-refractivity contribution in [1.82, 2.24) is 9.55 Å². The summed E-state index contributed by atoms with van der Waals surface area (Å²) < 4.78 is 23.7. The Kier molecular flexibility index (Phi) is 12.0. The van der Waals surface area contributed by atoms with Gasteiger partial charge in [-0.25, -0.2) is 4.79 Å². The first kappa shape index (κ1) is 30.6. The van der Waals surface area contributed by atoms with Gasteiger partial charge in [-0.1, -0.05) is 45.1 Å². The fourth-order valence-electron chi connectivity index (χ4n) is 3.80. The van der Waals surface area contributed by atoms with Gasteiger partial charge in [-0.3, -0.25) is 19.0 Å². The van der Waals surface area contributed by atoms with Crippen molar-refractivity contribution in [3.05, 3.63) is 33.2 Å². The van der Waals surface area contributed by atoms with E-state index in [0.29, 0.717) is 32.1 Å². The number of nitrogens with two attached hydrogens (primary N) is 1. The zero-order valence-electron chi connectivity index (χ0n) is 22.0. The van der Waals surface area contributed by atoms with Gasteiger partial charge in [-0.05, 0) is 30.9 Å². The molecule has 38 heavy (non-hydrogen) atoms. The predicted molar refractivity (Wildman–Crippen MR) is 134 cm³/mol. The fraction of sp³-hybridized carbons (Fsp3) is 0.708. The van der Waals surface area contributed by atoms with Crippen molar-refractivity contribution >= 4 is 23.7 Å². The standard InChI is InChI=1S/C24H36N6O8/c1-4-7-10-17(31)35-15-24(28-29-26)21(37-19(33)12-9-6-3)20(36-18(32)11-8-5-2)22(38-24)30-14-13-16(25)27-23(30)34/h13-14,20-22H,4-12,15H2,1-3H3,(H2,25,27,34)/t20-,21+,22+,24-/m1/s1. The number of nitrogen functional groups attached to an aromatic ring is 1. The van der Waals surface area contributed by atoms with Crippen LogP contribution in [0.15, 0.2) is 22.2 Å². The Morgan fingerprint density at radius 3 is 2.21 bits per heavy atom. The molecule has 2 N–H and O–H groups in total. The van der Waals surface area contributed by atoms with E-state index < -0.39 is 54.4 Å². The quantitative estimate of drug-likeness (QED) is 0.114. The maximum absolute atomic E-state index is 12.7. The van der Waals surface area contributed by atoms with Crippen LogP contribution in [0.2, 0.25) is 0 Å². The lowest BCUT2D eigenvalue weighted by Crippen LogP contribution is -2.49. The SMILES string of the molecule is CCCCC(=O)OC[C@@]1(N=[N+]=[N-])O[C@H](n2ccc(N)nc2=O)[C@H](OC(=O)CCCC)[C@@H]1OC(=O)CCCC. The number of carbonyl (C=O) groups is 3. The third kappa shape index (κ3) is 8.18. The first-order valence-electron chi connectivity index (χ1n) is 12.8. The maximum Gasteiger partial charge on any atom is 0.351 e. The number of carbonyl (C=O) groups excluding carboxylic acids is 3. The van der Waals surface area contributed by atoms with E-state index in [1.54, 1.807) is 0 Å². The normalized spacial score (nSPS) is 22.3. The van der Waals surface area contributed by atoms with E-state index in [1.165, 1.54) is 12.3 Å². The smallest absolute Gasteiger partial charge is 0.351 e. The van der Waals surface area contributed by atoms with E-state index >= 15 is 0 Å². The number of rotatable bonds is 15. The molecule has 0 spiro atoms. The summed E-state index contributed by atoms with van der Waals surface area (Å²) >= 11 is 0. The number of anilines is 1. The van der Waals surface area contributed by atoms with Gasteiger partial charge in [-0.15, -0.1) is 0 Å². The number of hydrogen-bond acceptors (Lipinski definition) is 11. The number of azide groups is 1. The maximum atomic E-state index is 12.7. The Labute approximate surface area is 220 Å². The average Bonchev–Trinajstić information content (AvgIpc) is 3.16. The molecule has 14 heteroatoms. The van der Waals surface area contributed by atoms with Gasteiger partial charge in [0, 0.05) is 30.4 Å². The van der Waals surface area contributed by atoms with Crippen LogP contribution >= 0.6 is 0 Å². The zero-order chi connectivity index (χ0) is 28.1. The number of aromatic nitrogens is 2. The van der Waals surface area contributed by atoms with Crippen molar-refractivity contribution in [1.29, 1.82) is 0 Å². The molecule has 1 aromatic rings. The van der Waals surface area contributed by atoms with Crippen LogP contribution in [0.1, 0.15) is 84.8 Å². The molecule has 4 atom stereocenters. The molecule has 1 aliphatic heterocycles. The monoisotopic (exact) mass is 536 g/mol. The van der Waals surface area contributed by atoms with Gasteiger partial charge in [-0.2, -0.15) is 4.98 Å². The summed E-state index contributed by atoms with van der Waals surface area (Å²) in [7, 11) is 0. The molecule has 210 valence electrons. The molecule has 1 fully saturated rings. The second-order valence-corrected chi connectivity index (χ2v) is 8.92. The first-order chi connectivity index (χ1) is 18.2. The molecule has 14 nitrogen and oxygen atoms in total. The highest BCUT2D eigenvalue weighted by molar-refractivity contribution is 5.71. The van der Waals surface area contributed by atoms with E-state index in [-0.39, 0.29) is 25.1 Å². The van der Waals surface area contributed by atoms with Crippen molar-refractivity contribution in [3.8, 4) is 0 Å². The molecule has 1 aromatic heterocycles. The van der Waals surface area contributed by atoms with E-state index in [9.17, 15) is 24.7 Å². The van der Waals surface area contributed by atoms with Crippen LogP contribution in [-0.4, -0.2) is 52.0 Å². The summed E-state index contributed by atoms with van der Waals surface area (Å²) in [6, 6.07) is 1.32. The van der Waals surface area contributed by atoms with E-state index in [0.717, 1.165) is 11.0 Å². The van der Waals surface area contributed by atoms with Gasteiger partial charge in [0.05, 0.1) is 0 Å². The summed E-state index contributed by atoms with van der Waals surface area (Å²) in [5.74, 6) is -1.97. The zero-order valence-corrected chi connectivity index (χ0v) is 22.0. The molecule has 0 aliphatic carbocycles. The molecule has 0 unspecified atom stereocenters. The van der Waals surface area contributed by atoms with Gasteiger partial charge in [0.1, 0.15) is 12.4 Å². The molecule has 1 aliphatic rings. The lowest BCUT2D eigenvalue weighted by molar-refractivity contribution is -0.179.